The van der Waals surface area contributed by atoms with Gasteiger partial charge in [-0.15, -0.1) is 12.3 Å². The molecule has 0 amide bonds. The predicted molar refractivity (Wildman–Crippen MR) is 125 cm³/mol. The van der Waals surface area contributed by atoms with Crippen LogP contribution in [-0.4, -0.2) is 10.1 Å². The number of nitrogens with zero attached hydrogens (tertiary/aromatic N) is 1. The first-order chi connectivity index (χ1) is 16.9. The number of hydrogen-bond acceptors (Lipinski definition) is 2. The highest BCUT2D eigenvalue weighted by molar-refractivity contribution is 5.63. The number of terminal acetylenes is 1. The van der Waals surface area contributed by atoms with Crippen molar-refractivity contribution >= 4 is 0 Å². The van der Waals surface area contributed by atoms with E-state index in [2.05, 4.69) is 4.98 Å². The lowest BCUT2D eigenvalue weighted by Gasteiger charge is -2.34. The summed E-state index contributed by atoms with van der Waals surface area (Å²) < 4.78 is 96.1. The topological polar surface area (TPSA) is 33.1 Å². The van der Waals surface area contributed by atoms with Crippen LogP contribution in [0.15, 0.2) is 60.8 Å². The third-order valence-corrected chi connectivity index (χ3v) is 4.88. The minimum atomic E-state index is -4.53. The summed E-state index contributed by atoms with van der Waals surface area (Å²) in [6, 6.07) is 7.70. The molecule has 3 rings (SSSR count). The van der Waals surface area contributed by atoms with E-state index < -0.39 is 52.6 Å². The molecule has 0 aliphatic rings. The fourth-order valence-electron chi connectivity index (χ4n) is 3.16. The highest BCUT2D eigenvalue weighted by atomic mass is 19.4. The Morgan fingerprint density at radius 1 is 0.833 bits per heavy atom. The number of aromatic nitrogens is 1. The quantitative estimate of drug-likeness (QED) is 0.276. The molecule has 3 aromatic rings. The van der Waals surface area contributed by atoms with Crippen molar-refractivity contribution in [2.45, 2.75) is 51.8 Å². The zero-order valence-electron chi connectivity index (χ0n) is 20.1. The highest BCUT2D eigenvalue weighted by Crippen LogP contribution is 2.47. The lowest BCUT2D eigenvalue weighted by molar-refractivity contribution is -0.196. The Labute approximate surface area is 205 Å². The van der Waals surface area contributed by atoms with Gasteiger partial charge in [0, 0.05) is 29.8 Å². The molecule has 1 atom stereocenters. The van der Waals surface area contributed by atoms with Crippen molar-refractivity contribution in [2.75, 3.05) is 0 Å². The molecule has 194 valence electrons. The molecule has 36 heavy (non-hydrogen) atoms. The van der Waals surface area contributed by atoms with Gasteiger partial charge in [-0.2, -0.15) is 22.0 Å². The van der Waals surface area contributed by atoms with Crippen molar-refractivity contribution in [3.05, 3.63) is 89.2 Å². The van der Waals surface area contributed by atoms with E-state index in [0.717, 1.165) is 42.6 Å². The van der Waals surface area contributed by atoms with Gasteiger partial charge in [-0.3, -0.25) is 4.98 Å². The van der Waals surface area contributed by atoms with Crippen LogP contribution in [0, 0.1) is 24.0 Å². The van der Waals surface area contributed by atoms with E-state index in [1.54, 1.807) is 0 Å². The Morgan fingerprint density at radius 3 is 1.83 bits per heavy atom. The molecular formula is C27H26F7NO. The average Bonchev–Trinajstić information content (AvgIpc) is 2.86. The Kier molecular flexibility index (Phi) is 10.7. The van der Waals surface area contributed by atoms with Gasteiger partial charge in [0.1, 0.15) is 17.3 Å². The van der Waals surface area contributed by atoms with E-state index in [1.165, 1.54) is 0 Å². The van der Waals surface area contributed by atoms with E-state index in [0.29, 0.717) is 18.2 Å². The Bertz CT molecular complexity index is 1150. The van der Waals surface area contributed by atoms with Gasteiger partial charge >= 0.3 is 12.1 Å². The summed E-state index contributed by atoms with van der Waals surface area (Å²) >= 11 is 0. The first kappa shape index (κ1) is 30.7. The fourth-order valence-corrected chi connectivity index (χ4v) is 3.16. The molecule has 1 N–H and O–H groups in total. The molecule has 1 heterocycles. The fraction of sp³-hybridized carbons (Fsp3) is 0.296. The number of rotatable bonds is 5. The van der Waals surface area contributed by atoms with Gasteiger partial charge in [-0.25, -0.2) is 8.78 Å². The van der Waals surface area contributed by atoms with Crippen molar-refractivity contribution < 1.29 is 35.8 Å². The molecule has 0 radical (unpaired) electrons. The van der Waals surface area contributed by atoms with E-state index in [9.17, 15) is 27.1 Å². The number of halogens is 7. The number of hydrogen-bond donors (Lipinski definition) is 1. The minimum absolute atomic E-state index is 0.228. The molecule has 0 bridgehead atoms. The smallest absolute Gasteiger partial charge is 0.377 e. The van der Waals surface area contributed by atoms with Crippen molar-refractivity contribution in [1.82, 2.24) is 4.98 Å². The van der Waals surface area contributed by atoms with Crippen LogP contribution in [0.2, 0.25) is 0 Å². The van der Waals surface area contributed by atoms with Crippen LogP contribution in [0.5, 0.6) is 0 Å². The van der Waals surface area contributed by atoms with E-state index >= 15 is 8.78 Å². The van der Waals surface area contributed by atoms with Gasteiger partial charge in [-0.05, 0) is 29.8 Å². The van der Waals surface area contributed by atoms with Crippen molar-refractivity contribution in [1.29, 1.82) is 0 Å². The second kappa shape index (κ2) is 12.5. The van der Waals surface area contributed by atoms with Gasteiger partial charge in [0.2, 0.25) is 0 Å². The summed E-state index contributed by atoms with van der Waals surface area (Å²) in [7, 11) is 0. The maximum absolute atomic E-state index is 15.3. The van der Waals surface area contributed by atoms with Gasteiger partial charge < -0.3 is 5.11 Å². The molecule has 0 saturated carbocycles. The number of benzene rings is 2. The second-order valence-corrected chi connectivity index (χ2v) is 6.95. The molecule has 0 aliphatic carbocycles. The largest absolute Gasteiger partial charge is 0.416 e. The van der Waals surface area contributed by atoms with Crippen LogP contribution in [0.4, 0.5) is 30.7 Å². The van der Waals surface area contributed by atoms with Crippen LogP contribution < -0.4 is 0 Å². The van der Waals surface area contributed by atoms with Crippen molar-refractivity contribution in [3.63, 3.8) is 0 Å². The maximum Gasteiger partial charge on any atom is 0.416 e. The number of pyridine rings is 1. The molecule has 0 fully saturated rings. The number of alkyl halides is 5. The SMILES string of the molecule is C#CCC(O)(c1ccc(F)cc1F)C(F)(F)c1ccc(-c2ccc(C(F)(F)F)cc2)cn1.CC.CC. The normalized spacial score (nSPS) is 12.8. The summed E-state index contributed by atoms with van der Waals surface area (Å²) in [5, 5.41) is 10.7. The zero-order valence-corrected chi connectivity index (χ0v) is 20.1. The minimum Gasteiger partial charge on any atom is -0.377 e. The summed E-state index contributed by atoms with van der Waals surface area (Å²) in [6.07, 6.45) is 0.548. The molecule has 2 aromatic carbocycles. The standard InChI is InChI=1S/C23H14F7NO.2C2H6/c1-2-11-21(32,18-9-8-17(24)12-19(18)25)22(26,27)20-10-5-15(13-31-20)14-3-6-16(7-4-14)23(28,29)30;2*1-2/h1,3-10,12-13,32H,11H2;2*1-2H3. The summed E-state index contributed by atoms with van der Waals surface area (Å²) in [4.78, 5) is 3.62. The van der Waals surface area contributed by atoms with Crippen LogP contribution in [0.1, 0.15) is 50.9 Å². The predicted octanol–water partition coefficient (Wildman–Crippen LogP) is 8.10. The van der Waals surface area contributed by atoms with Crippen LogP contribution in [0.25, 0.3) is 11.1 Å². The molecule has 1 unspecified atom stereocenters. The molecule has 0 aliphatic heterocycles. The zero-order chi connectivity index (χ0) is 27.7. The molecule has 1 aromatic heterocycles. The first-order valence-corrected chi connectivity index (χ1v) is 11.0. The summed E-state index contributed by atoms with van der Waals surface area (Å²) in [5.41, 5.74) is -5.47. The molecule has 9 heteroatoms. The summed E-state index contributed by atoms with van der Waals surface area (Å²) in [5.74, 6) is -4.77. The Hall–Kier alpha value is -3.38. The number of aliphatic hydroxyl groups is 1. The van der Waals surface area contributed by atoms with Crippen LogP contribution in [0.3, 0.4) is 0 Å². The van der Waals surface area contributed by atoms with Gasteiger partial charge in [0.15, 0.2) is 5.60 Å². The van der Waals surface area contributed by atoms with E-state index in [-0.39, 0.29) is 11.1 Å². The van der Waals surface area contributed by atoms with Crippen LogP contribution in [-0.2, 0) is 17.7 Å². The summed E-state index contributed by atoms with van der Waals surface area (Å²) in [6.45, 7) is 8.00. The molecule has 0 saturated heterocycles. The highest BCUT2D eigenvalue weighted by Gasteiger charge is 2.56. The third kappa shape index (κ3) is 6.43. The monoisotopic (exact) mass is 513 g/mol. The lowest BCUT2D eigenvalue weighted by atomic mass is 9.82. The van der Waals surface area contributed by atoms with Crippen molar-refractivity contribution in [3.8, 4) is 23.5 Å². The molecular weight excluding hydrogens is 487 g/mol. The Morgan fingerprint density at radius 2 is 1.39 bits per heavy atom. The van der Waals surface area contributed by atoms with Crippen LogP contribution >= 0.6 is 0 Å². The van der Waals surface area contributed by atoms with Gasteiger partial charge in [0.05, 0.1) is 5.56 Å². The molecule has 0 spiro atoms. The third-order valence-electron chi connectivity index (χ3n) is 4.88. The first-order valence-electron chi connectivity index (χ1n) is 11.0. The molecule has 2 nitrogen and oxygen atoms in total. The maximum atomic E-state index is 15.3. The van der Waals surface area contributed by atoms with Crippen molar-refractivity contribution in [2.24, 2.45) is 0 Å². The van der Waals surface area contributed by atoms with E-state index in [4.69, 9.17) is 6.42 Å². The van der Waals surface area contributed by atoms with Gasteiger partial charge in [-0.1, -0.05) is 52.0 Å². The van der Waals surface area contributed by atoms with E-state index in [1.807, 2.05) is 33.6 Å². The lowest BCUT2D eigenvalue weighted by Crippen LogP contribution is -2.44. The Balaban J connectivity index is 0.00000154. The second-order valence-electron chi connectivity index (χ2n) is 6.95. The average molecular weight is 513 g/mol. The van der Waals surface area contributed by atoms with Gasteiger partial charge in [0.25, 0.3) is 0 Å².